The fourth-order valence-electron chi connectivity index (χ4n) is 1.30. The minimum atomic E-state index is -0.591. The standard InChI is InChI=1S/C10H6BrNO2/c1-2-9-7-4-3-6(11)5-8(7)12-10(13)14-9/h1,3-5,9H,(H,12,13). The van der Waals surface area contributed by atoms with Gasteiger partial charge in [0.1, 0.15) is 0 Å². The van der Waals surface area contributed by atoms with Gasteiger partial charge in [-0.1, -0.05) is 27.9 Å². The molecule has 0 aromatic heterocycles. The normalized spacial score (nSPS) is 18.9. The highest BCUT2D eigenvalue weighted by molar-refractivity contribution is 9.10. The van der Waals surface area contributed by atoms with E-state index in [9.17, 15) is 4.79 Å². The van der Waals surface area contributed by atoms with Gasteiger partial charge < -0.3 is 4.74 Å². The molecule has 3 nitrogen and oxygen atoms in total. The number of benzene rings is 1. The second-order valence-electron chi connectivity index (χ2n) is 2.81. The second-order valence-corrected chi connectivity index (χ2v) is 3.72. The summed E-state index contributed by atoms with van der Waals surface area (Å²) in [6, 6.07) is 5.47. The van der Waals surface area contributed by atoms with Crippen LogP contribution < -0.4 is 5.32 Å². The molecule has 1 aromatic rings. The Kier molecular flexibility index (Phi) is 2.18. The Hall–Kier alpha value is -1.47. The van der Waals surface area contributed by atoms with Crippen LogP contribution in [-0.4, -0.2) is 6.09 Å². The minimum Gasteiger partial charge on any atom is -0.428 e. The van der Waals surface area contributed by atoms with Crippen LogP contribution in [0.25, 0.3) is 0 Å². The molecule has 1 atom stereocenters. The van der Waals surface area contributed by atoms with E-state index in [0.29, 0.717) is 5.69 Å². The first-order valence-corrected chi connectivity index (χ1v) is 4.73. The van der Waals surface area contributed by atoms with Crippen LogP contribution in [0.3, 0.4) is 0 Å². The van der Waals surface area contributed by atoms with Crippen LogP contribution in [0.15, 0.2) is 22.7 Å². The summed E-state index contributed by atoms with van der Waals surface area (Å²) in [6.07, 6.45) is 4.15. The fraction of sp³-hybridized carbons (Fsp3) is 0.100. The summed E-state index contributed by atoms with van der Waals surface area (Å²) in [5.41, 5.74) is 1.49. The fourth-order valence-corrected chi connectivity index (χ4v) is 1.66. The predicted molar refractivity (Wildman–Crippen MR) is 55.8 cm³/mol. The van der Waals surface area contributed by atoms with Gasteiger partial charge in [-0.2, -0.15) is 0 Å². The van der Waals surface area contributed by atoms with Gasteiger partial charge in [-0.05, 0) is 12.1 Å². The van der Waals surface area contributed by atoms with Crippen molar-refractivity contribution in [3.8, 4) is 12.3 Å². The van der Waals surface area contributed by atoms with Crippen LogP contribution in [0, 0.1) is 12.3 Å². The van der Waals surface area contributed by atoms with E-state index in [1.807, 2.05) is 12.1 Å². The third-order valence-corrected chi connectivity index (χ3v) is 2.40. The van der Waals surface area contributed by atoms with Crippen molar-refractivity contribution in [2.24, 2.45) is 0 Å². The summed E-state index contributed by atoms with van der Waals surface area (Å²) < 4.78 is 5.78. The Morgan fingerprint density at radius 3 is 3.07 bits per heavy atom. The van der Waals surface area contributed by atoms with E-state index in [-0.39, 0.29) is 0 Å². The molecule has 1 aliphatic rings. The van der Waals surface area contributed by atoms with E-state index in [4.69, 9.17) is 11.2 Å². The molecule has 0 fully saturated rings. The number of amides is 1. The number of nitrogens with one attached hydrogen (secondary N) is 1. The number of cyclic esters (lactones) is 1. The van der Waals surface area contributed by atoms with Crippen molar-refractivity contribution in [2.75, 3.05) is 5.32 Å². The van der Waals surface area contributed by atoms with E-state index >= 15 is 0 Å². The van der Waals surface area contributed by atoms with E-state index in [2.05, 4.69) is 27.2 Å². The summed E-state index contributed by atoms with van der Waals surface area (Å²) in [7, 11) is 0. The second kappa shape index (κ2) is 3.35. The molecule has 0 bridgehead atoms. The van der Waals surface area contributed by atoms with Gasteiger partial charge in [-0.3, -0.25) is 5.32 Å². The highest BCUT2D eigenvalue weighted by Crippen LogP contribution is 2.32. The number of halogens is 1. The lowest BCUT2D eigenvalue weighted by molar-refractivity contribution is 0.134. The molecule has 0 radical (unpaired) electrons. The molecule has 4 heteroatoms. The first kappa shape index (κ1) is 9.10. The number of hydrogen-bond acceptors (Lipinski definition) is 2. The monoisotopic (exact) mass is 251 g/mol. The quantitative estimate of drug-likeness (QED) is 0.721. The lowest BCUT2D eigenvalue weighted by Crippen LogP contribution is -2.23. The molecule has 1 amide bonds. The average Bonchev–Trinajstić information content (AvgIpc) is 2.15. The summed E-state index contributed by atoms with van der Waals surface area (Å²) >= 11 is 3.31. The van der Waals surface area contributed by atoms with E-state index in [1.165, 1.54) is 0 Å². The van der Waals surface area contributed by atoms with Crippen molar-refractivity contribution < 1.29 is 9.53 Å². The molecule has 0 spiro atoms. The molecule has 14 heavy (non-hydrogen) atoms. The molecule has 1 N–H and O–H groups in total. The Balaban J connectivity index is 2.52. The number of hydrogen-bond donors (Lipinski definition) is 1. The highest BCUT2D eigenvalue weighted by atomic mass is 79.9. The zero-order valence-electron chi connectivity index (χ0n) is 7.08. The van der Waals surface area contributed by atoms with E-state index in [1.54, 1.807) is 6.07 Å². The molecule has 70 valence electrons. The lowest BCUT2D eigenvalue weighted by Gasteiger charge is -2.22. The molecule has 1 heterocycles. The predicted octanol–water partition coefficient (Wildman–Crippen LogP) is 2.69. The summed E-state index contributed by atoms with van der Waals surface area (Å²) in [4.78, 5) is 11.1. The minimum absolute atomic E-state index is 0.515. The molecular weight excluding hydrogens is 246 g/mol. The van der Waals surface area contributed by atoms with Gasteiger partial charge in [0.05, 0.1) is 5.69 Å². The summed E-state index contributed by atoms with van der Waals surface area (Å²) in [5.74, 6) is 2.41. The van der Waals surface area contributed by atoms with E-state index in [0.717, 1.165) is 10.0 Å². The van der Waals surface area contributed by atoms with Crippen LogP contribution in [-0.2, 0) is 4.74 Å². The lowest BCUT2D eigenvalue weighted by atomic mass is 10.1. The smallest absolute Gasteiger partial charge is 0.413 e. The molecule has 2 rings (SSSR count). The molecule has 0 saturated carbocycles. The van der Waals surface area contributed by atoms with Crippen LogP contribution in [0.1, 0.15) is 11.7 Å². The number of carbonyl (C=O) groups is 1. The summed E-state index contributed by atoms with van der Waals surface area (Å²) in [5, 5.41) is 2.58. The molecule has 1 aliphatic heterocycles. The molecular formula is C10H6BrNO2. The van der Waals surface area contributed by atoms with Gasteiger partial charge in [-0.15, -0.1) is 6.42 Å². The number of carbonyl (C=O) groups excluding carboxylic acids is 1. The van der Waals surface area contributed by atoms with E-state index < -0.39 is 12.2 Å². The van der Waals surface area contributed by atoms with Gasteiger partial charge in [0.15, 0.2) is 6.10 Å². The molecule has 1 aromatic carbocycles. The number of rotatable bonds is 0. The highest BCUT2D eigenvalue weighted by Gasteiger charge is 2.24. The largest absolute Gasteiger partial charge is 0.428 e. The Labute approximate surface area is 89.6 Å². The molecule has 0 aliphatic carbocycles. The Morgan fingerprint density at radius 2 is 2.36 bits per heavy atom. The maximum atomic E-state index is 11.1. The maximum absolute atomic E-state index is 11.1. The Bertz CT molecular complexity index is 436. The number of terminal acetylenes is 1. The molecule has 0 saturated heterocycles. The van der Waals surface area contributed by atoms with Gasteiger partial charge in [-0.25, -0.2) is 4.79 Å². The first-order chi connectivity index (χ1) is 6.70. The van der Waals surface area contributed by atoms with Gasteiger partial charge in [0.2, 0.25) is 0 Å². The van der Waals surface area contributed by atoms with Crippen LogP contribution in [0.4, 0.5) is 10.5 Å². The number of anilines is 1. The topological polar surface area (TPSA) is 38.3 Å². The van der Waals surface area contributed by atoms with Crippen molar-refractivity contribution in [1.29, 1.82) is 0 Å². The van der Waals surface area contributed by atoms with Crippen molar-refractivity contribution in [3.05, 3.63) is 28.2 Å². The SMILES string of the molecule is C#CC1OC(=O)Nc2cc(Br)ccc21. The zero-order chi connectivity index (χ0) is 10.1. The molecule has 1 unspecified atom stereocenters. The maximum Gasteiger partial charge on any atom is 0.413 e. The van der Waals surface area contributed by atoms with Crippen molar-refractivity contribution in [1.82, 2.24) is 0 Å². The van der Waals surface area contributed by atoms with Crippen LogP contribution >= 0.6 is 15.9 Å². The first-order valence-electron chi connectivity index (χ1n) is 3.94. The van der Waals surface area contributed by atoms with Crippen molar-refractivity contribution in [2.45, 2.75) is 6.10 Å². The Morgan fingerprint density at radius 1 is 1.57 bits per heavy atom. The van der Waals surface area contributed by atoms with Gasteiger partial charge >= 0.3 is 6.09 Å². The summed E-state index contributed by atoms with van der Waals surface area (Å²) in [6.45, 7) is 0. The number of ether oxygens (including phenoxy) is 1. The average molecular weight is 252 g/mol. The van der Waals surface area contributed by atoms with Crippen LogP contribution in [0.5, 0.6) is 0 Å². The number of fused-ring (bicyclic) bond motifs is 1. The third-order valence-electron chi connectivity index (χ3n) is 1.91. The van der Waals surface area contributed by atoms with Gasteiger partial charge in [0, 0.05) is 10.0 Å². The van der Waals surface area contributed by atoms with Crippen LogP contribution in [0.2, 0.25) is 0 Å². The third kappa shape index (κ3) is 1.47. The van der Waals surface area contributed by atoms with Crippen molar-refractivity contribution >= 4 is 27.7 Å². The zero-order valence-corrected chi connectivity index (χ0v) is 8.67. The van der Waals surface area contributed by atoms with Crippen molar-refractivity contribution in [3.63, 3.8) is 0 Å². The van der Waals surface area contributed by atoms with Gasteiger partial charge in [0.25, 0.3) is 0 Å².